The maximum absolute atomic E-state index is 13.2. The van der Waals surface area contributed by atoms with E-state index in [0.29, 0.717) is 12.1 Å². The molecule has 1 atom stereocenters. The summed E-state index contributed by atoms with van der Waals surface area (Å²) < 4.78 is 0. The highest BCUT2D eigenvalue weighted by molar-refractivity contribution is 6.10. The minimum Gasteiger partial charge on any atom is -0.358 e. The number of aromatic nitrogens is 1. The van der Waals surface area contributed by atoms with Crippen molar-refractivity contribution in [3.05, 3.63) is 70.4 Å². The van der Waals surface area contributed by atoms with Crippen LogP contribution in [0.4, 0.5) is 0 Å². The van der Waals surface area contributed by atoms with Crippen LogP contribution in [0.25, 0.3) is 10.9 Å². The molecule has 1 aliphatic heterocycles. The number of H-pyrrole nitrogens is 1. The molecule has 2 aromatic carbocycles. The Hall–Kier alpha value is -3.43. The largest absolute Gasteiger partial charge is 0.358 e. The molecule has 1 amide bonds. The maximum Gasteiger partial charge on any atom is 0.217 e. The summed E-state index contributed by atoms with van der Waals surface area (Å²) in [5, 5.41) is 13.0. The number of aryl methyl sites for hydroxylation is 1. The van der Waals surface area contributed by atoms with E-state index in [2.05, 4.69) is 21.3 Å². The number of nitriles is 1. The lowest BCUT2D eigenvalue weighted by Crippen LogP contribution is -2.34. The Labute approximate surface area is 188 Å². The van der Waals surface area contributed by atoms with Crippen molar-refractivity contribution in [2.45, 2.75) is 39.2 Å². The number of fused-ring (bicyclic) bond motifs is 1. The van der Waals surface area contributed by atoms with E-state index in [-0.39, 0.29) is 17.7 Å². The number of Topliss-reactive ketones (excluding diaryl/α,β-unsaturated/α-hetero) is 1. The van der Waals surface area contributed by atoms with Gasteiger partial charge in [-0.3, -0.25) is 14.5 Å². The van der Waals surface area contributed by atoms with Gasteiger partial charge < -0.3 is 10.3 Å². The van der Waals surface area contributed by atoms with Gasteiger partial charge in [0, 0.05) is 29.1 Å². The number of carbonyl (C=O) groups excluding carboxylic acids is 2. The molecule has 3 aromatic rings. The first-order valence-corrected chi connectivity index (χ1v) is 11.1. The SMILES string of the molecule is CC(=O)NC(c1ccc(C#N)cc1)c1ccc2[nH]c(C)c(C(=O)CN3CCCCC3)c2c1. The van der Waals surface area contributed by atoms with Gasteiger partial charge in [0.15, 0.2) is 5.78 Å². The van der Waals surface area contributed by atoms with Crippen molar-refractivity contribution in [1.82, 2.24) is 15.2 Å². The number of hydrogen-bond donors (Lipinski definition) is 2. The molecule has 6 nitrogen and oxygen atoms in total. The van der Waals surface area contributed by atoms with Gasteiger partial charge in [0.05, 0.1) is 24.2 Å². The molecule has 4 rings (SSSR count). The number of amides is 1. The lowest BCUT2D eigenvalue weighted by Gasteiger charge is -2.25. The van der Waals surface area contributed by atoms with Crippen molar-refractivity contribution in [2.24, 2.45) is 0 Å². The molecule has 0 spiro atoms. The van der Waals surface area contributed by atoms with E-state index in [1.807, 2.05) is 37.3 Å². The van der Waals surface area contributed by atoms with Gasteiger partial charge >= 0.3 is 0 Å². The standard InChI is InChI=1S/C26H28N4O2/c1-17-25(24(32)16-30-12-4-3-5-13-30)22-14-21(10-11-23(22)28-17)26(29-18(2)31)20-8-6-19(15-27)7-9-20/h6-11,14,26,28H,3-5,12-13,16H2,1-2H3,(H,29,31). The molecule has 1 aromatic heterocycles. The minimum atomic E-state index is -0.370. The van der Waals surface area contributed by atoms with Crippen LogP contribution in [0.3, 0.4) is 0 Å². The zero-order valence-electron chi connectivity index (χ0n) is 18.6. The second-order valence-corrected chi connectivity index (χ2v) is 8.56. The molecule has 2 heterocycles. The van der Waals surface area contributed by atoms with Crippen LogP contribution in [-0.2, 0) is 4.79 Å². The molecule has 0 aliphatic carbocycles. The summed E-state index contributed by atoms with van der Waals surface area (Å²) in [6.07, 6.45) is 3.53. The number of carbonyl (C=O) groups is 2. The molecule has 1 unspecified atom stereocenters. The number of rotatable bonds is 6. The number of piperidine rings is 1. The molecular formula is C26H28N4O2. The third-order valence-corrected chi connectivity index (χ3v) is 6.16. The Kier molecular flexibility index (Phi) is 6.38. The monoisotopic (exact) mass is 428 g/mol. The molecule has 0 radical (unpaired) electrons. The lowest BCUT2D eigenvalue weighted by molar-refractivity contribution is -0.119. The Balaban J connectivity index is 1.71. The van der Waals surface area contributed by atoms with E-state index in [4.69, 9.17) is 5.26 Å². The van der Waals surface area contributed by atoms with Crippen molar-refractivity contribution in [3.63, 3.8) is 0 Å². The molecule has 1 fully saturated rings. The van der Waals surface area contributed by atoms with Crippen LogP contribution < -0.4 is 5.32 Å². The van der Waals surface area contributed by atoms with E-state index >= 15 is 0 Å². The Morgan fingerprint density at radius 2 is 1.78 bits per heavy atom. The van der Waals surface area contributed by atoms with E-state index in [0.717, 1.165) is 59.2 Å². The Morgan fingerprint density at radius 3 is 2.44 bits per heavy atom. The van der Waals surface area contributed by atoms with Gasteiger partial charge in [0.2, 0.25) is 5.91 Å². The molecule has 0 bridgehead atoms. The number of nitrogens with zero attached hydrogens (tertiary/aromatic N) is 2. The maximum atomic E-state index is 13.2. The number of ketones is 1. The number of nitrogens with one attached hydrogen (secondary N) is 2. The summed E-state index contributed by atoms with van der Waals surface area (Å²) in [5.74, 6) is -0.0200. The molecule has 1 aliphatic rings. The Bertz CT molecular complexity index is 1180. The van der Waals surface area contributed by atoms with Crippen molar-refractivity contribution >= 4 is 22.6 Å². The lowest BCUT2D eigenvalue weighted by atomic mass is 9.95. The average Bonchev–Trinajstić information content (AvgIpc) is 3.13. The highest BCUT2D eigenvalue weighted by Crippen LogP contribution is 2.29. The van der Waals surface area contributed by atoms with Gasteiger partial charge in [-0.25, -0.2) is 0 Å². The first kappa shape index (κ1) is 21.8. The number of likely N-dealkylation sites (tertiary alicyclic amines) is 1. The summed E-state index contributed by atoms with van der Waals surface area (Å²) in [6.45, 7) is 5.81. The van der Waals surface area contributed by atoms with Crippen molar-refractivity contribution in [3.8, 4) is 6.07 Å². The minimum absolute atomic E-state index is 0.127. The van der Waals surface area contributed by atoms with Crippen LogP contribution in [0.5, 0.6) is 0 Å². The fourth-order valence-corrected chi connectivity index (χ4v) is 4.60. The summed E-state index contributed by atoms with van der Waals surface area (Å²) in [4.78, 5) is 30.8. The fraction of sp³-hybridized carbons (Fsp3) is 0.346. The number of hydrogen-bond acceptors (Lipinski definition) is 4. The summed E-state index contributed by atoms with van der Waals surface area (Å²) in [7, 11) is 0. The topological polar surface area (TPSA) is 89.0 Å². The van der Waals surface area contributed by atoms with E-state index in [1.165, 1.54) is 13.3 Å². The quantitative estimate of drug-likeness (QED) is 0.575. The molecule has 1 saturated heterocycles. The first-order chi connectivity index (χ1) is 15.5. The number of benzene rings is 2. The van der Waals surface area contributed by atoms with Gasteiger partial charge in [-0.1, -0.05) is 24.6 Å². The molecule has 164 valence electrons. The van der Waals surface area contributed by atoms with Crippen LogP contribution in [0.2, 0.25) is 0 Å². The molecule has 32 heavy (non-hydrogen) atoms. The van der Waals surface area contributed by atoms with Crippen molar-refractivity contribution in [1.29, 1.82) is 5.26 Å². The molecule has 2 N–H and O–H groups in total. The van der Waals surface area contributed by atoms with Crippen LogP contribution in [-0.4, -0.2) is 41.2 Å². The average molecular weight is 429 g/mol. The van der Waals surface area contributed by atoms with Crippen LogP contribution in [0.15, 0.2) is 42.5 Å². The third kappa shape index (κ3) is 4.58. The smallest absolute Gasteiger partial charge is 0.217 e. The van der Waals surface area contributed by atoms with Crippen LogP contribution in [0.1, 0.15) is 65.0 Å². The zero-order chi connectivity index (χ0) is 22.7. The summed E-state index contributed by atoms with van der Waals surface area (Å²) in [5.41, 5.74) is 4.85. The van der Waals surface area contributed by atoms with Crippen LogP contribution >= 0.6 is 0 Å². The summed E-state index contributed by atoms with van der Waals surface area (Å²) in [6, 6.07) is 14.9. The number of aromatic amines is 1. The summed E-state index contributed by atoms with van der Waals surface area (Å²) >= 11 is 0. The normalized spacial score (nSPS) is 15.3. The second kappa shape index (κ2) is 9.37. The van der Waals surface area contributed by atoms with Gasteiger partial charge in [-0.2, -0.15) is 5.26 Å². The predicted octanol–water partition coefficient (Wildman–Crippen LogP) is 4.24. The highest BCUT2D eigenvalue weighted by atomic mass is 16.1. The predicted molar refractivity (Wildman–Crippen MR) is 124 cm³/mol. The van der Waals surface area contributed by atoms with Gasteiger partial charge in [-0.15, -0.1) is 0 Å². The van der Waals surface area contributed by atoms with Crippen molar-refractivity contribution in [2.75, 3.05) is 19.6 Å². The Morgan fingerprint density at radius 1 is 1.09 bits per heavy atom. The van der Waals surface area contributed by atoms with E-state index in [1.54, 1.807) is 12.1 Å². The molecule has 0 saturated carbocycles. The third-order valence-electron chi connectivity index (χ3n) is 6.16. The molecular weight excluding hydrogens is 400 g/mol. The van der Waals surface area contributed by atoms with Gasteiger partial charge in [-0.05, 0) is 68.2 Å². The second-order valence-electron chi connectivity index (χ2n) is 8.56. The zero-order valence-corrected chi connectivity index (χ0v) is 18.6. The van der Waals surface area contributed by atoms with E-state index < -0.39 is 0 Å². The fourth-order valence-electron chi connectivity index (χ4n) is 4.60. The first-order valence-electron chi connectivity index (χ1n) is 11.1. The highest BCUT2D eigenvalue weighted by Gasteiger charge is 2.22. The van der Waals surface area contributed by atoms with Gasteiger partial charge in [0.25, 0.3) is 0 Å². The van der Waals surface area contributed by atoms with Gasteiger partial charge in [0.1, 0.15) is 0 Å². The van der Waals surface area contributed by atoms with Crippen LogP contribution in [0, 0.1) is 18.3 Å². The van der Waals surface area contributed by atoms with Crippen molar-refractivity contribution < 1.29 is 9.59 Å². The van der Waals surface area contributed by atoms with E-state index in [9.17, 15) is 9.59 Å². The molecule has 6 heteroatoms.